The van der Waals surface area contributed by atoms with Gasteiger partial charge in [0.05, 0.1) is 26.9 Å². The summed E-state index contributed by atoms with van der Waals surface area (Å²) in [7, 11) is 6.39. The topological polar surface area (TPSA) is 60.9 Å². The van der Waals surface area contributed by atoms with Gasteiger partial charge in [-0.25, -0.2) is 0 Å². The number of pyridine rings is 1. The molecule has 0 atom stereocenters. The van der Waals surface area contributed by atoms with Gasteiger partial charge in [-0.05, 0) is 34.1 Å². The second kappa shape index (κ2) is 8.01. The van der Waals surface area contributed by atoms with Gasteiger partial charge >= 0.3 is 0 Å². The summed E-state index contributed by atoms with van der Waals surface area (Å²) in [5.74, 6) is 1.48. The SMILES string of the molecule is COc1ccc(CN(C)C(=O)c2cncc(Br)c2)c(OC)c1OC. The van der Waals surface area contributed by atoms with Crippen LogP contribution >= 0.6 is 15.9 Å². The first-order valence-corrected chi connectivity index (χ1v) is 7.95. The van der Waals surface area contributed by atoms with Crippen LogP contribution in [-0.2, 0) is 6.54 Å². The lowest BCUT2D eigenvalue weighted by Crippen LogP contribution is -2.26. The Balaban J connectivity index is 2.28. The van der Waals surface area contributed by atoms with E-state index in [9.17, 15) is 4.79 Å². The van der Waals surface area contributed by atoms with Crippen molar-refractivity contribution < 1.29 is 19.0 Å². The van der Waals surface area contributed by atoms with Crippen LogP contribution in [-0.4, -0.2) is 44.2 Å². The van der Waals surface area contributed by atoms with Crippen molar-refractivity contribution in [3.63, 3.8) is 0 Å². The summed E-state index contributed by atoms with van der Waals surface area (Å²) >= 11 is 3.32. The van der Waals surface area contributed by atoms with E-state index in [4.69, 9.17) is 14.2 Å². The summed E-state index contributed by atoms with van der Waals surface area (Å²) in [4.78, 5) is 18.2. The van der Waals surface area contributed by atoms with Crippen LogP contribution < -0.4 is 14.2 Å². The lowest BCUT2D eigenvalue weighted by Gasteiger charge is -2.21. The number of aromatic nitrogens is 1. The highest BCUT2D eigenvalue weighted by molar-refractivity contribution is 9.10. The van der Waals surface area contributed by atoms with E-state index in [1.165, 1.54) is 6.20 Å². The summed E-state index contributed by atoms with van der Waals surface area (Å²) in [6.45, 7) is 0.356. The van der Waals surface area contributed by atoms with Crippen LogP contribution in [0.2, 0.25) is 0 Å². The van der Waals surface area contributed by atoms with E-state index < -0.39 is 0 Å². The molecule has 2 aromatic rings. The second-order valence-electron chi connectivity index (χ2n) is 5.05. The Labute approximate surface area is 149 Å². The molecule has 0 aliphatic rings. The minimum atomic E-state index is -0.138. The normalized spacial score (nSPS) is 10.2. The van der Waals surface area contributed by atoms with Gasteiger partial charge in [-0.1, -0.05) is 0 Å². The fourth-order valence-electron chi connectivity index (χ4n) is 2.36. The zero-order valence-electron chi connectivity index (χ0n) is 14.0. The third-order valence-corrected chi connectivity index (χ3v) is 3.93. The molecule has 7 heteroatoms. The molecule has 1 aromatic carbocycles. The number of halogens is 1. The molecule has 0 fully saturated rings. The number of amides is 1. The second-order valence-corrected chi connectivity index (χ2v) is 5.96. The van der Waals surface area contributed by atoms with E-state index in [2.05, 4.69) is 20.9 Å². The van der Waals surface area contributed by atoms with Crippen molar-refractivity contribution >= 4 is 21.8 Å². The Kier molecular flexibility index (Phi) is 6.03. The van der Waals surface area contributed by atoms with Crippen LogP contribution in [0, 0.1) is 0 Å². The Morgan fingerprint density at radius 3 is 2.42 bits per heavy atom. The summed E-state index contributed by atoms with van der Waals surface area (Å²) in [5, 5.41) is 0. The minimum Gasteiger partial charge on any atom is -0.493 e. The number of carbonyl (C=O) groups is 1. The summed E-state index contributed by atoms with van der Waals surface area (Å²) in [5.41, 5.74) is 1.32. The molecule has 24 heavy (non-hydrogen) atoms. The predicted molar refractivity (Wildman–Crippen MR) is 93.8 cm³/mol. The van der Waals surface area contributed by atoms with Gasteiger partial charge in [0.25, 0.3) is 5.91 Å². The quantitative estimate of drug-likeness (QED) is 0.752. The molecule has 1 aromatic heterocycles. The van der Waals surface area contributed by atoms with Crippen molar-refractivity contribution in [2.24, 2.45) is 0 Å². The minimum absolute atomic E-state index is 0.138. The fourth-order valence-corrected chi connectivity index (χ4v) is 2.73. The standard InChI is InChI=1S/C17H19BrN2O4/c1-20(17(21)12-7-13(18)9-19-8-12)10-11-5-6-14(22-2)16(24-4)15(11)23-3/h5-9H,10H2,1-4H3. The summed E-state index contributed by atoms with van der Waals surface area (Å²) in [6.07, 6.45) is 3.17. The average Bonchev–Trinajstić information content (AvgIpc) is 2.60. The van der Waals surface area contributed by atoms with E-state index in [0.29, 0.717) is 29.4 Å². The Morgan fingerprint density at radius 1 is 1.12 bits per heavy atom. The molecule has 1 amide bonds. The molecule has 0 spiro atoms. The molecular formula is C17H19BrN2O4. The van der Waals surface area contributed by atoms with Crippen LogP contribution in [0.25, 0.3) is 0 Å². The zero-order valence-corrected chi connectivity index (χ0v) is 15.6. The number of carbonyl (C=O) groups excluding carboxylic acids is 1. The first-order valence-electron chi connectivity index (χ1n) is 7.15. The van der Waals surface area contributed by atoms with E-state index in [-0.39, 0.29) is 5.91 Å². The summed E-state index contributed by atoms with van der Waals surface area (Å²) < 4.78 is 16.8. The van der Waals surface area contributed by atoms with Gasteiger partial charge in [-0.15, -0.1) is 0 Å². The number of methoxy groups -OCH3 is 3. The van der Waals surface area contributed by atoms with E-state index in [1.54, 1.807) is 51.6 Å². The lowest BCUT2D eigenvalue weighted by atomic mass is 10.1. The maximum absolute atomic E-state index is 12.5. The van der Waals surface area contributed by atoms with Crippen LogP contribution in [0.5, 0.6) is 17.2 Å². The van der Waals surface area contributed by atoms with Gasteiger partial charge < -0.3 is 19.1 Å². The van der Waals surface area contributed by atoms with E-state index in [0.717, 1.165) is 10.0 Å². The Bertz CT molecular complexity index is 737. The number of ether oxygens (including phenoxy) is 3. The van der Waals surface area contributed by atoms with Gasteiger partial charge in [0.2, 0.25) is 5.75 Å². The monoisotopic (exact) mass is 394 g/mol. The molecule has 128 valence electrons. The molecule has 1 heterocycles. The molecule has 0 bridgehead atoms. The molecule has 0 N–H and O–H groups in total. The molecule has 0 aliphatic carbocycles. The molecule has 0 aliphatic heterocycles. The summed E-state index contributed by atoms with van der Waals surface area (Å²) in [6, 6.07) is 5.37. The molecule has 2 rings (SSSR count). The molecule has 6 nitrogen and oxygen atoms in total. The van der Waals surface area contributed by atoms with Gasteiger partial charge in [-0.3, -0.25) is 9.78 Å². The lowest BCUT2D eigenvalue weighted by molar-refractivity contribution is 0.0783. The first-order chi connectivity index (χ1) is 11.5. The highest BCUT2D eigenvalue weighted by atomic mass is 79.9. The molecule has 0 saturated heterocycles. The van der Waals surface area contributed by atoms with Crippen molar-refractivity contribution in [2.75, 3.05) is 28.4 Å². The predicted octanol–water partition coefficient (Wildman–Crippen LogP) is 3.14. The van der Waals surface area contributed by atoms with Gasteiger partial charge in [0, 0.05) is 36.0 Å². The van der Waals surface area contributed by atoms with Crippen molar-refractivity contribution in [1.82, 2.24) is 9.88 Å². The van der Waals surface area contributed by atoms with Crippen LogP contribution in [0.15, 0.2) is 35.1 Å². The highest BCUT2D eigenvalue weighted by Crippen LogP contribution is 2.40. The molecule has 0 unspecified atom stereocenters. The van der Waals surface area contributed by atoms with Crippen LogP contribution in [0.4, 0.5) is 0 Å². The van der Waals surface area contributed by atoms with E-state index >= 15 is 0 Å². The molecule has 0 radical (unpaired) electrons. The highest BCUT2D eigenvalue weighted by Gasteiger charge is 2.19. The number of hydrogen-bond acceptors (Lipinski definition) is 5. The van der Waals surface area contributed by atoms with Crippen molar-refractivity contribution in [1.29, 1.82) is 0 Å². The Morgan fingerprint density at radius 2 is 1.83 bits per heavy atom. The fraction of sp³-hybridized carbons (Fsp3) is 0.294. The average molecular weight is 395 g/mol. The number of hydrogen-bond donors (Lipinski definition) is 0. The Hall–Kier alpha value is -2.28. The van der Waals surface area contributed by atoms with Gasteiger partial charge in [0.1, 0.15) is 0 Å². The maximum atomic E-state index is 12.5. The number of rotatable bonds is 6. The zero-order chi connectivity index (χ0) is 17.7. The van der Waals surface area contributed by atoms with Gasteiger partial charge in [-0.2, -0.15) is 0 Å². The number of benzene rings is 1. The third kappa shape index (κ3) is 3.79. The largest absolute Gasteiger partial charge is 0.493 e. The molecular weight excluding hydrogens is 376 g/mol. The van der Waals surface area contributed by atoms with Crippen LogP contribution in [0.3, 0.4) is 0 Å². The van der Waals surface area contributed by atoms with Gasteiger partial charge in [0.15, 0.2) is 11.5 Å². The first kappa shape index (κ1) is 18.1. The molecule has 0 saturated carbocycles. The smallest absolute Gasteiger partial charge is 0.255 e. The van der Waals surface area contributed by atoms with E-state index in [1.807, 2.05) is 6.07 Å². The number of nitrogens with zero attached hydrogens (tertiary/aromatic N) is 2. The van der Waals surface area contributed by atoms with Crippen molar-refractivity contribution in [2.45, 2.75) is 6.54 Å². The van der Waals surface area contributed by atoms with Crippen LogP contribution in [0.1, 0.15) is 15.9 Å². The van der Waals surface area contributed by atoms with Crippen molar-refractivity contribution in [3.8, 4) is 17.2 Å². The third-order valence-electron chi connectivity index (χ3n) is 3.49. The van der Waals surface area contributed by atoms with Crippen molar-refractivity contribution in [3.05, 3.63) is 46.2 Å². The maximum Gasteiger partial charge on any atom is 0.255 e.